The van der Waals surface area contributed by atoms with E-state index in [9.17, 15) is 14.9 Å². The molecule has 1 aromatic heterocycles. The Labute approximate surface area is 82.8 Å². The van der Waals surface area contributed by atoms with Crippen molar-refractivity contribution < 1.29 is 4.92 Å². The van der Waals surface area contributed by atoms with E-state index < -0.39 is 16.2 Å². The van der Waals surface area contributed by atoms with E-state index in [-0.39, 0.29) is 0 Å². The molecule has 0 unspecified atom stereocenters. The lowest BCUT2D eigenvalue weighted by molar-refractivity contribution is -0.391. The van der Waals surface area contributed by atoms with Gasteiger partial charge < -0.3 is 10.1 Å². The second kappa shape index (κ2) is 3.31. The molecule has 0 amide bonds. The molecule has 0 aliphatic carbocycles. The lowest BCUT2D eigenvalue weighted by atomic mass is 10.5. The maximum absolute atomic E-state index is 10.9. The summed E-state index contributed by atoms with van der Waals surface area (Å²) in [7, 11) is 0. The Morgan fingerprint density at radius 1 is 1.67 bits per heavy atom. The first kappa shape index (κ1) is 9.33. The highest BCUT2D eigenvalue weighted by Crippen LogP contribution is 2.10. The normalized spacial score (nSPS) is 9.83. The van der Waals surface area contributed by atoms with Crippen molar-refractivity contribution in [2.24, 2.45) is 0 Å². The van der Waals surface area contributed by atoms with Gasteiger partial charge in [-0.25, -0.2) is 0 Å². The number of rotatable bonds is 1. The minimum atomic E-state index is -0.841. The molecule has 0 atom stereocenters. The van der Waals surface area contributed by atoms with Crippen molar-refractivity contribution in [1.82, 2.24) is 8.81 Å². The quantitative estimate of drug-likeness (QED) is 0.574. The lowest BCUT2D eigenvalue weighted by Gasteiger charge is -1.92. The van der Waals surface area contributed by atoms with Crippen LogP contribution in [-0.2, 0) is 0 Å². The van der Waals surface area contributed by atoms with E-state index in [2.05, 4.69) is 37.2 Å². The molecule has 1 rings (SSSR count). The van der Waals surface area contributed by atoms with Gasteiger partial charge >= 0.3 is 5.82 Å². The Bertz CT molecular complexity index is 388. The monoisotopic (exact) mass is 297 g/mol. The molecule has 12 heavy (non-hydrogen) atoms. The van der Waals surface area contributed by atoms with Gasteiger partial charge in [0.05, 0.1) is 5.10 Å². The fourth-order valence-corrected chi connectivity index (χ4v) is 1.07. The highest BCUT2D eigenvalue weighted by atomic mass is 79.9. The van der Waals surface area contributed by atoms with E-state index in [1.165, 1.54) is 0 Å². The minimum absolute atomic E-state index is 0.318. The Kier molecular flexibility index (Phi) is 2.58. The maximum Gasteiger partial charge on any atom is 0.436 e. The fourth-order valence-electron chi connectivity index (χ4n) is 0.533. The first-order valence-electron chi connectivity index (χ1n) is 2.63. The van der Waals surface area contributed by atoms with Gasteiger partial charge in [-0.05, 0) is 20.9 Å². The molecule has 0 radical (unpaired) electrons. The van der Waals surface area contributed by atoms with Gasteiger partial charge in [-0.15, -0.1) is 0 Å². The SMILES string of the molecule is O=c1cc(Br)n(Br)nc1[N+](=O)[O-]. The first-order valence-corrected chi connectivity index (χ1v) is 4.13. The van der Waals surface area contributed by atoms with E-state index >= 15 is 0 Å². The molecule has 0 saturated heterocycles. The standard InChI is InChI=1S/C4HBr2N3O3/c5-3-1-2(10)4(9(11)12)7-8(3)6/h1H. The van der Waals surface area contributed by atoms with Crippen molar-refractivity contribution in [3.05, 3.63) is 31.0 Å². The molecule has 0 aromatic carbocycles. The van der Waals surface area contributed by atoms with Crippen molar-refractivity contribution in [2.45, 2.75) is 0 Å². The molecule has 8 heteroatoms. The zero-order chi connectivity index (χ0) is 9.30. The molecule has 0 spiro atoms. The van der Waals surface area contributed by atoms with Gasteiger partial charge in [0.2, 0.25) is 0 Å². The fraction of sp³-hybridized carbons (Fsp3) is 0. The van der Waals surface area contributed by atoms with E-state index in [4.69, 9.17) is 0 Å². The summed E-state index contributed by atoms with van der Waals surface area (Å²) in [4.78, 5) is 20.2. The largest absolute Gasteiger partial charge is 0.436 e. The molecular formula is C4HBr2N3O3. The summed E-state index contributed by atoms with van der Waals surface area (Å²) < 4.78 is 1.34. The number of nitrogens with zero attached hydrogens (tertiary/aromatic N) is 3. The highest BCUT2D eigenvalue weighted by Gasteiger charge is 2.16. The van der Waals surface area contributed by atoms with E-state index in [1.54, 1.807) is 0 Å². The number of hydrogen-bond donors (Lipinski definition) is 0. The molecule has 64 valence electrons. The topological polar surface area (TPSA) is 78.0 Å². The van der Waals surface area contributed by atoms with Crippen molar-refractivity contribution in [1.29, 1.82) is 0 Å². The summed E-state index contributed by atoms with van der Waals surface area (Å²) in [6.07, 6.45) is 0. The predicted octanol–water partition coefficient (Wildman–Crippen LogP) is 1.07. The molecule has 0 fully saturated rings. The Balaban J connectivity index is 3.43. The van der Waals surface area contributed by atoms with Crippen LogP contribution in [0.15, 0.2) is 15.5 Å². The van der Waals surface area contributed by atoms with Crippen molar-refractivity contribution in [3.8, 4) is 0 Å². The van der Waals surface area contributed by atoms with Gasteiger partial charge in [-0.2, -0.15) is 0 Å². The number of halogens is 2. The van der Waals surface area contributed by atoms with Crippen LogP contribution in [-0.4, -0.2) is 13.7 Å². The van der Waals surface area contributed by atoms with Crippen molar-refractivity contribution in [3.63, 3.8) is 0 Å². The molecular weight excluding hydrogens is 298 g/mol. The predicted molar refractivity (Wildman–Crippen MR) is 47.2 cm³/mol. The van der Waals surface area contributed by atoms with Gasteiger partial charge in [-0.1, -0.05) is 3.71 Å². The summed E-state index contributed by atoms with van der Waals surface area (Å²) in [5.41, 5.74) is -0.734. The van der Waals surface area contributed by atoms with Gasteiger partial charge in [-0.3, -0.25) is 4.79 Å². The van der Waals surface area contributed by atoms with Crippen LogP contribution in [0.1, 0.15) is 0 Å². The van der Waals surface area contributed by atoms with Crippen LogP contribution >= 0.6 is 32.1 Å². The minimum Gasteiger partial charge on any atom is -0.358 e. The number of hydrogen-bond acceptors (Lipinski definition) is 4. The third-order valence-electron chi connectivity index (χ3n) is 1.00. The van der Waals surface area contributed by atoms with E-state index in [1.807, 2.05) is 0 Å². The smallest absolute Gasteiger partial charge is 0.358 e. The second-order valence-electron chi connectivity index (χ2n) is 1.77. The van der Waals surface area contributed by atoms with Crippen LogP contribution < -0.4 is 5.43 Å². The van der Waals surface area contributed by atoms with Crippen LogP contribution in [0.2, 0.25) is 0 Å². The van der Waals surface area contributed by atoms with Gasteiger partial charge in [0, 0.05) is 6.07 Å². The third kappa shape index (κ3) is 1.69. The second-order valence-corrected chi connectivity index (χ2v) is 3.26. The number of nitro groups is 1. The molecule has 6 nitrogen and oxygen atoms in total. The highest BCUT2D eigenvalue weighted by molar-refractivity contribution is 9.11. The average Bonchev–Trinajstić information content (AvgIpc) is 1.96. The Morgan fingerprint density at radius 3 is 2.75 bits per heavy atom. The maximum atomic E-state index is 10.9. The average molecular weight is 299 g/mol. The lowest BCUT2D eigenvalue weighted by Crippen LogP contribution is -2.12. The Hall–Kier alpha value is -0.760. The first-order chi connectivity index (χ1) is 5.52. The van der Waals surface area contributed by atoms with Crippen LogP contribution in [0.4, 0.5) is 5.82 Å². The zero-order valence-corrected chi connectivity index (χ0v) is 8.57. The zero-order valence-electron chi connectivity index (χ0n) is 5.40. The van der Waals surface area contributed by atoms with Crippen LogP contribution in [0.3, 0.4) is 0 Å². The van der Waals surface area contributed by atoms with Gasteiger partial charge in [0.1, 0.15) is 20.8 Å². The van der Waals surface area contributed by atoms with Gasteiger partial charge in [0.15, 0.2) is 0 Å². The molecule has 1 aromatic rings. The summed E-state index contributed by atoms with van der Waals surface area (Å²) in [6, 6.07) is 1.06. The van der Waals surface area contributed by atoms with Gasteiger partial charge in [0.25, 0.3) is 5.43 Å². The summed E-state index contributed by atoms with van der Waals surface area (Å²) >= 11 is 5.82. The number of aromatic nitrogens is 2. The molecule has 0 aliphatic rings. The van der Waals surface area contributed by atoms with Crippen molar-refractivity contribution in [2.75, 3.05) is 0 Å². The van der Waals surface area contributed by atoms with E-state index in [0.717, 1.165) is 9.77 Å². The third-order valence-corrected chi connectivity index (χ3v) is 2.58. The van der Waals surface area contributed by atoms with Crippen molar-refractivity contribution >= 4 is 37.9 Å². The molecule has 0 N–H and O–H groups in total. The summed E-state index contributed by atoms with van der Waals surface area (Å²) in [5.74, 6) is -0.713. The Morgan fingerprint density at radius 2 is 2.25 bits per heavy atom. The van der Waals surface area contributed by atoms with Crippen LogP contribution in [0.5, 0.6) is 0 Å². The molecule has 0 bridgehead atoms. The molecule has 1 heterocycles. The van der Waals surface area contributed by atoms with Crippen LogP contribution in [0, 0.1) is 10.1 Å². The molecule has 0 saturated carbocycles. The van der Waals surface area contributed by atoms with Crippen LogP contribution in [0.25, 0.3) is 0 Å². The summed E-state index contributed by atoms with van der Waals surface area (Å²) in [6.45, 7) is 0. The van der Waals surface area contributed by atoms with E-state index in [0.29, 0.717) is 4.60 Å². The molecule has 0 aliphatic heterocycles. The summed E-state index contributed by atoms with van der Waals surface area (Å²) in [5, 5.41) is 13.5.